The number of nitrogens with one attached hydrogen (secondary N) is 1. The average Bonchev–Trinajstić information content (AvgIpc) is 3.00. The number of carbonyl (C=O) groups is 1. The highest BCUT2D eigenvalue weighted by molar-refractivity contribution is 9.10. The summed E-state index contributed by atoms with van der Waals surface area (Å²) in [7, 11) is 0. The lowest BCUT2D eigenvalue weighted by atomic mass is 10.1. The molecule has 110 valence electrons. The summed E-state index contributed by atoms with van der Waals surface area (Å²) in [5, 5.41) is 3.30. The van der Waals surface area contributed by atoms with Crippen LogP contribution >= 0.6 is 27.5 Å². The van der Waals surface area contributed by atoms with Crippen molar-refractivity contribution < 1.29 is 4.79 Å². The van der Waals surface area contributed by atoms with Crippen molar-refractivity contribution in [2.75, 3.05) is 0 Å². The van der Waals surface area contributed by atoms with E-state index in [2.05, 4.69) is 26.2 Å². The number of benzene rings is 1. The van der Waals surface area contributed by atoms with Gasteiger partial charge in [0, 0.05) is 27.7 Å². The van der Waals surface area contributed by atoms with Crippen LogP contribution in [0.4, 0.5) is 0 Å². The normalized spacial score (nSPS) is 17.0. The zero-order chi connectivity index (χ0) is 14.8. The van der Waals surface area contributed by atoms with E-state index in [0.717, 1.165) is 33.8 Å². The molecule has 1 aromatic carbocycles. The van der Waals surface area contributed by atoms with Gasteiger partial charge in [0.05, 0.1) is 5.52 Å². The van der Waals surface area contributed by atoms with Gasteiger partial charge in [-0.25, -0.2) is 0 Å². The van der Waals surface area contributed by atoms with Gasteiger partial charge in [-0.1, -0.05) is 40.9 Å². The molecule has 0 aliphatic heterocycles. The number of fused-ring (bicyclic) bond motifs is 1. The second kappa shape index (κ2) is 6.32. The Morgan fingerprint density at radius 3 is 2.86 bits per heavy atom. The van der Waals surface area contributed by atoms with E-state index < -0.39 is 5.38 Å². The lowest BCUT2D eigenvalue weighted by molar-refractivity contribution is -0.121. The quantitative estimate of drug-likeness (QED) is 0.820. The van der Waals surface area contributed by atoms with Crippen LogP contribution in [0.25, 0.3) is 10.9 Å². The summed E-state index contributed by atoms with van der Waals surface area (Å²) in [6.45, 7) is 0. The highest BCUT2D eigenvalue weighted by atomic mass is 79.9. The molecule has 3 rings (SSSR count). The summed E-state index contributed by atoms with van der Waals surface area (Å²) in [5.74, 6) is -0.127. The standard InChI is InChI=1S/C16H16BrClN2O/c17-13-8-7-12(15-11(13)6-3-9-19-15)14(18)16(21)20-10-4-1-2-5-10/h3,6-10,14H,1-2,4-5H2,(H,20,21). The molecule has 1 N–H and O–H groups in total. The van der Waals surface area contributed by atoms with Crippen molar-refractivity contribution >= 4 is 44.3 Å². The zero-order valence-electron chi connectivity index (χ0n) is 11.5. The van der Waals surface area contributed by atoms with E-state index in [-0.39, 0.29) is 11.9 Å². The largest absolute Gasteiger partial charge is 0.352 e. The van der Waals surface area contributed by atoms with E-state index in [1.807, 2.05) is 24.3 Å². The third-order valence-corrected chi connectivity index (χ3v) is 5.08. The number of carbonyl (C=O) groups excluding carboxylic acids is 1. The van der Waals surface area contributed by atoms with Crippen molar-refractivity contribution in [3.63, 3.8) is 0 Å². The number of aromatic nitrogens is 1. The van der Waals surface area contributed by atoms with Crippen LogP contribution in [0.3, 0.4) is 0 Å². The summed E-state index contributed by atoms with van der Waals surface area (Å²) < 4.78 is 0.953. The third kappa shape index (κ3) is 3.06. The van der Waals surface area contributed by atoms with Crippen LogP contribution in [0.15, 0.2) is 34.9 Å². The van der Waals surface area contributed by atoms with E-state index in [0.29, 0.717) is 0 Å². The van der Waals surface area contributed by atoms with Gasteiger partial charge in [-0.3, -0.25) is 9.78 Å². The van der Waals surface area contributed by atoms with Gasteiger partial charge in [0.15, 0.2) is 0 Å². The van der Waals surface area contributed by atoms with E-state index >= 15 is 0 Å². The lowest BCUT2D eigenvalue weighted by Gasteiger charge is -2.17. The van der Waals surface area contributed by atoms with Gasteiger partial charge in [-0.05, 0) is 25.0 Å². The molecule has 1 atom stereocenters. The molecule has 1 heterocycles. The monoisotopic (exact) mass is 366 g/mol. The van der Waals surface area contributed by atoms with Crippen LogP contribution in [0.5, 0.6) is 0 Å². The van der Waals surface area contributed by atoms with Gasteiger partial charge in [0.25, 0.3) is 0 Å². The van der Waals surface area contributed by atoms with Crippen LogP contribution in [-0.4, -0.2) is 16.9 Å². The molecule has 1 aliphatic carbocycles. The number of hydrogen-bond acceptors (Lipinski definition) is 2. The highest BCUT2D eigenvalue weighted by Gasteiger charge is 2.25. The van der Waals surface area contributed by atoms with Crippen molar-refractivity contribution in [2.45, 2.75) is 37.1 Å². The second-order valence-electron chi connectivity index (χ2n) is 5.39. The van der Waals surface area contributed by atoms with Gasteiger partial charge >= 0.3 is 0 Å². The number of alkyl halides is 1. The fourth-order valence-corrected chi connectivity index (χ4v) is 3.54. The Kier molecular flexibility index (Phi) is 4.45. The first kappa shape index (κ1) is 14.8. The van der Waals surface area contributed by atoms with E-state index in [9.17, 15) is 4.79 Å². The summed E-state index contributed by atoms with van der Waals surface area (Å²) >= 11 is 9.90. The van der Waals surface area contributed by atoms with E-state index in [1.54, 1.807) is 6.20 Å². The van der Waals surface area contributed by atoms with Crippen molar-refractivity contribution in [3.05, 3.63) is 40.5 Å². The Morgan fingerprint density at radius 1 is 1.33 bits per heavy atom. The number of nitrogens with zero attached hydrogens (tertiary/aromatic N) is 1. The fourth-order valence-electron chi connectivity index (χ4n) is 2.85. The fraction of sp³-hybridized carbons (Fsp3) is 0.375. The summed E-state index contributed by atoms with van der Waals surface area (Å²) in [6.07, 6.45) is 6.18. The molecular weight excluding hydrogens is 352 g/mol. The third-order valence-electron chi connectivity index (χ3n) is 3.95. The van der Waals surface area contributed by atoms with E-state index in [1.165, 1.54) is 12.8 Å². The SMILES string of the molecule is O=C(NC1CCCC1)C(Cl)c1ccc(Br)c2cccnc12. The first-order valence-corrected chi connectivity index (χ1v) is 8.37. The summed E-state index contributed by atoms with van der Waals surface area (Å²) in [5.41, 5.74) is 1.53. The molecule has 0 bridgehead atoms. The van der Waals surface area contributed by atoms with Crippen molar-refractivity contribution in [2.24, 2.45) is 0 Å². The minimum absolute atomic E-state index is 0.127. The molecule has 1 fully saturated rings. The molecule has 1 aromatic heterocycles. The van der Waals surface area contributed by atoms with Gasteiger partial charge in [0.2, 0.25) is 5.91 Å². The maximum atomic E-state index is 12.3. The van der Waals surface area contributed by atoms with Crippen LogP contribution < -0.4 is 5.32 Å². The van der Waals surface area contributed by atoms with Crippen molar-refractivity contribution in [3.8, 4) is 0 Å². The molecular formula is C16H16BrClN2O. The minimum Gasteiger partial charge on any atom is -0.352 e. The molecule has 5 heteroatoms. The van der Waals surface area contributed by atoms with Gasteiger partial charge in [0.1, 0.15) is 5.38 Å². The number of pyridine rings is 1. The molecule has 0 saturated heterocycles. The highest BCUT2D eigenvalue weighted by Crippen LogP contribution is 2.32. The average molecular weight is 368 g/mol. The number of halogens is 2. The molecule has 1 saturated carbocycles. The van der Waals surface area contributed by atoms with Crippen LogP contribution in [0.1, 0.15) is 36.6 Å². The van der Waals surface area contributed by atoms with Crippen molar-refractivity contribution in [1.82, 2.24) is 10.3 Å². The molecule has 3 nitrogen and oxygen atoms in total. The maximum Gasteiger partial charge on any atom is 0.242 e. The first-order valence-electron chi connectivity index (χ1n) is 7.14. The Balaban J connectivity index is 1.88. The van der Waals surface area contributed by atoms with Gasteiger partial charge in [-0.2, -0.15) is 0 Å². The lowest BCUT2D eigenvalue weighted by Crippen LogP contribution is -2.35. The number of rotatable bonds is 3. The Labute approximate surface area is 137 Å². The summed E-state index contributed by atoms with van der Waals surface area (Å²) in [4.78, 5) is 16.7. The number of hydrogen-bond donors (Lipinski definition) is 1. The predicted molar refractivity (Wildman–Crippen MR) is 88.4 cm³/mol. The van der Waals surface area contributed by atoms with Crippen molar-refractivity contribution in [1.29, 1.82) is 0 Å². The van der Waals surface area contributed by atoms with Gasteiger partial charge < -0.3 is 5.32 Å². The van der Waals surface area contributed by atoms with E-state index in [4.69, 9.17) is 11.6 Å². The second-order valence-corrected chi connectivity index (χ2v) is 6.68. The molecule has 1 amide bonds. The molecule has 2 aromatic rings. The van der Waals surface area contributed by atoms with Crippen LogP contribution in [0, 0.1) is 0 Å². The van der Waals surface area contributed by atoms with Gasteiger partial charge in [-0.15, -0.1) is 11.6 Å². The Morgan fingerprint density at radius 2 is 2.10 bits per heavy atom. The Hall–Kier alpha value is -1.13. The summed E-state index contributed by atoms with van der Waals surface area (Å²) in [6, 6.07) is 7.89. The van der Waals surface area contributed by atoms with Crippen LogP contribution in [-0.2, 0) is 4.79 Å². The van der Waals surface area contributed by atoms with Crippen LogP contribution in [0.2, 0.25) is 0 Å². The molecule has 0 spiro atoms. The predicted octanol–water partition coefficient (Wildman–Crippen LogP) is 4.34. The zero-order valence-corrected chi connectivity index (χ0v) is 13.8. The first-order chi connectivity index (χ1) is 10.2. The minimum atomic E-state index is -0.712. The molecule has 0 radical (unpaired) electrons. The smallest absolute Gasteiger partial charge is 0.242 e. The topological polar surface area (TPSA) is 42.0 Å². The number of amides is 1. The molecule has 1 unspecified atom stereocenters. The maximum absolute atomic E-state index is 12.3. The molecule has 21 heavy (non-hydrogen) atoms. The molecule has 1 aliphatic rings. The Bertz CT molecular complexity index is 670.